The summed E-state index contributed by atoms with van der Waals surface area (Å²) in [6, 6.07) is 8.30. The predicted molar refractivity (Wildman–Crippen MR) is 102 cm³/mol. The van der Waals surface area contributed by atoms with E-state index in [0.717, 1.165) is 24.1 Å². The number of hydrogen-bond acceptors (Lipinski definition) is 4. The van der Waals surface area contributed by atoms with Crippen LogP contribution in [0.4, 0.5) is 10.5 Å². The Balaban J connectivity index is 1.83. The lowest BCUT2D eigenvalue weighted by molar-refractivity contribution is -0.139. The van der Waals surface area contributed by atoms with Gasteiger partial charge in [-0.3, -0.25) is 9.69 Å². The number of carboxylic acid groups (broad SMARTS) is 1. The summed E-state index contributed by atoms with van der Waals surface area (Å²) in [5.41, 5.74) is 2.20. The number of carbonyl (C=O) groups excluding carboxylic acids is 1. The third-order valence-corrected chi connectivity index (χ3v) is 4.93. The van der Waals surface area contributed by atoms with E-state index in [1.807, 2.05) is 55.1 Å². The second-order valence-corrected chi connectivity index (χ2v) is 7.11. The quantitative estimate of drug-likeness (QED) is 0.738. The van der Waals surface area contributed by atoms with Crippen LogP contribution < -0.4 is 10.2 Å². The number of para-hydroxylation sites is 1. The molecule has 1 aliphatic carbocycles. The maximum Gasteiger partial charge on any atom is 0.317 e. The fourth-order valence-corrected chi connectivity index (χ4v) is 3.37. The molecule has 0 heterocycles. The first-order valence-corrected chi connectivity index (χ1v) is 9.04. The minimum atomic E-state index is -0.807. The summed E-state index contributed by atoms with van der Waals surface area (Å²) >= 11 is 0. The number of hydrogen-bond donors (Lipinski definition) is 2. The second kappa shape index (κ2) is 8.89. The molecule has 7 nitrogen and oxygen atoms in total. The number of carbonyl (C=O) groups is 2. The van der Waals surface area contributed by atoms with E-state index >= 15 is 0 Å². The molecule has 0 atom stereocenters. The molecule has 144 valence electrons. The predicted octanol–water partition coefficient (Wildman–Crippen LogP) is 1.83. The Bertz CT molecular complexity index is 629. The van der Waals surface area contributed by atoms with Crippen molar-refractivity contribution in [3.05, 3.63) is 29.8 Å². The van der Waals surface area contributed by atoms with Crippen molar-refractivity contribution < 1.29 is 14.7 Å². The van der Waals surface area contributed by atoms with E-state index in [1.165, 1.54) is 0 Å². The minimum absolute atomic E-state index is 0.0586. The first-order valence-electron chi connectivity index (χ1n) is 9.04. The lowest BCUT2D eigenvalue weighted by Gasteiger charge is -2.42. The fraction of sp³-hybridized carbons (Fsp3) is 0.579. The van der Waals surface area contributed by atoms with Gasteiger partial charge in [0.1, 0.15) is 0 Å². The van der Waals surface area contributed by atoms with Crippen LogP contribution in [-0.2, 0) is 11.3 Å². The Morgan fingerprint density at radius 2 is 1.85 bits per heavy atom. The van der Waals surface area contributed by atoms with Crippen LogP contribution in [0.2, 0.25) is 0 Å². The number of aliphatic carboxylic acids is 1. The Morgan fingerprint density at radius 1 is 1.19 bits per heavy atom. The standard InChI is InChI=1S/C19H30N4O3/c1-5-23(13-18(24)25)16-10-15(11-16)20-19(26)22(4)12-14-8-6-7-9-17(14)21(2)3/h6-9,15-16H,5,10-13H2,1-4H3,(H,20,26)(H,24,25). The Labute approximate surface area is 155 Å². The molecule has 1 aromatic carbocycles. The van der Waals surface area contributed by atoms with Gasteiger partial charge in [-0.05, 0) is 31.0 Å². The third kappa shape index (κ3) is 5.11. The van der Waals surface area contributed by atoms with E-state index in [4.69, 9.17) is 5.11 Å². The van der Waals surface area contributed by atoms with Gasteiger partial charge < -0.3 is 20.2 Å². The minimum Gasteiger partial charge on any atom is -0.480 e. The average molecular weight is 362 g/mol. The second-order valence-electron chi connectivity index (χ2n) is 7.11. The van der Waals surface area contributed by atoms with E-state index in [1.54, 1.807) is 11.9 Å². The summed E-state index contributed by atoms with van der Waals surface area (Å²) in [6.45, 7) is 3.27. The largest absolute Gasteiger partial charge is 0.480 e. The van der Waals surface area contributed by atoms with Crippen LogP contribution in [0.15, 0.2) is 24.3 Å². The number of anilines is 1. The zero-order chi connectivity index (χ0) is 19.3. The first kappa shape index (κ1) is 20.0. The lowest BCUT2D eigenvalue weighted by atomic mass is 9.85. The van der Waals surface area contributed by atoms with E-state index in [2.05, 4.69) is 5.32 Å². The molecule has 0 unspecified atom stereocenters. The van der Waals surface area contributed by atoms with E-state index in [0.29, 0.717) is 13.1 Å². The summed E-state index contributed by atoms with van der Waals surface area (Å²) in [4.78, 5) is 29.0. The average Bonchev–Trinajstić information content (AvgIpc) is 2.55. The zero-order valence-corrected chi connectivity index (χ0v) is 16.1. The molecule has 2 N–H and O–H groups in total. The van der Waals surface area contributed by atoms with Crippen LogP contribution in [0, 0.1) is 0 Å². The molecule has 1 fully saturated rings. The molecule has 26 heavy (non-hydrogen) atoms. The molecule has 0 aliphatic heterocycles. The van der Waals surface area contributed by atoms with Crippen LogP contribution in [-0.4, -0.2) is 73.2 Å². The van der Waals surface area contributed by atoms with Crippen LogP contribution in [0.3, 0.4) is 0 Å². The Kier molecular flexibility index (Phi) is 6.85. The maximum absolute atomic E-state index is 12.4. The van der Waals surface area contributed by atoms with Gasteiger partial charge in [0.2, 0.25) is 0 Å². The van der Waals surface area contributed by atoms with E-state index in [9.17, 15) is 9.59 Å². The molecule has 1 aromatic rings. The van der Waals surface area contributed by atoms with Crippen molar-refractivity contribution in [1.29, 1.82) is 0 Å². The van der Waals surface area contributed by atoms with Gasteiger partial charge in [0.25, 0.3) is 0 Å². The summed E-state index contributed by atoms with van der Waals surface area (Å²) in [5.74, 6) is -0.807. The zero-order valence-electron chi connectivity index (χ0n) is 16.1. The number of nitrogens with zero attached hydrogens (tertiary/aromatic N) is 3. The van der Waals surface area contributed by atoms with Gasteiger partial charge in [0.15, 0.2) is 0 Å². The van der Waals surface area contributed by atoms with Gasteiger partial charge in [-0.2, -0.15) is 0 Å². The van der Waals surface area contributed by atoms with Crippen LogP contribution >= 0.6 is 0 Å². The van der Waals surface area contributed by atoms with Crippen molar-refractivity contribution in [2.75, 3.05) is 39.1 Å². The molecular weight excluding hydrogens is 332 g/mol. The van der Waals surface area contributed by atoms with E-state index in [-0.39, 0.29) is 24.7 Å². The lowest BCUT2D eigenvalue weighted by Crippen LogP contribution is -2.56. The van der Waals surface area contributed by atoms with Gasteiger partial charge in [-0.25, -0.2) is 4.79 Å². The fourth-order valence-electron chi connectivity index (χ4n) is 3.37. The molecule has 2 rings (SSSR count). The van der Waals surface area contributed by atoms with Gasteiger partial charge in [-0.1, -0.05) is 25.1 Å². The number of urea groups is 1. The summed E-state index contributed by atoms with van der Waals surface area (Å²) in [6.07, 6.45) is 1.60. The molecule has 1 saturated carbocycles. The summed E-state index contributed by atoms with van der Waals surface area (Å²) < 4.78 is 0. The normalized spacial score (nSPS) is 19.0. The number of nitrogens with one attached hydrogen (secondary N) is 1. The molecule has 0 radical (unpaired) electrons. The third-order valence-electron chi connectivity index (χ3n) is 4.93. The van der Waals surface area contributed by atoms with Crippen molar-refractivity contribution in [3.63, 3.8) is 0 Å². The Morgan fingerprint density at radius 3 is 2.42 bits per heavy atom. The van der Waals surface area contributed by atoms with E-state index < -0.39 is 5.97 Å². The molecule has 0 saturated heterocycles. The molecule has 7 heteroatoms. The molecule has 0 aromatic heterocycles. The molecule has 0 spiro atoms. The van der Waals surface area contributed by atoms with Gasteiger partial charge in [-0.15, -0.1) is 0 Å². The van der Waals surface area contributed by atoms with Crippen molar-refractivity contribution in [1.82, 2.24) is 15.1 Å². The number of likely N-dealkylation sites (N-methyl/N-ethyl adjacent to an activating group) is 1. The van der Waals surface area contributed by atoms with Crippen LogP contribution in [0.1, 0.15) is 25.3 Å². The number of amides is 2. The van der Waals surface area contributed by atoms with Crippen molar-refractivity contribution in [2.24, 2.45) is 0 Å². The molecule has 2 amide bonds. The van der Waals surface area contributed by atoms with Crippen molar-refractivity contribution in [3.8, 4) is 0 Å². The van der Waals surface area contributed by atoms with Gasteiger partial charge in [0, 0.05) is 45.5 Å². The highest BCUT2D eigenvalue weighted by Crippen LogP contribution is 2.26. The summed E-state index contributed by atoms with van der Waals surface area (Å²) in [5, 5.41) is 12.0. The monoisotopic (exact) mass is 362 g/mol. The number of carboxylic acids is 1. The number of benzene rings is 1. The van der Waals surface area contributed by atoms with Crippen molar-refractivity contribution >= 4 is 17.7 Å². The maximum atomic E-state index is 12.4. The van der Waals surface area contributed by atoms with Crippen molar-refractivity contribution in [2.45, 2.75) is 38.4 Å². The van der Waals surface area contributed by atoms with Crippen LogP contribution in [0.5, 0.6) is 0 Å². The molecule has 0 bridgehead atoms. The topological polar surface area (TPSA) is 76.1 Å². The molecular formula is C19H30N4O3. The highest BCUT2D eigenvalue weighted by atomic mass is 16.4. The van der Waals surface area contributed by atoms with Crippen LogP contribution in [0.25, 0.3) is 0 Å². The Hall–Kier alpha value is -2.28. The van der Waals surface area contributed by atoms with Gasteiger partial charge in [0.05, 0.1) is 6.54 Å². The highest BCUT2D eigenvalue weighted by molar-refractivity contribution is 5.74. The summed E-state index contributed by atoms with van der Waals surface area (Å²) in [7, 11) is 5.77. The molecule has 1 aliphatic rings. The SMILES string of the molecule is CCN(CC(=O)O)C1CC(NC(=O)N(C)Cc2ccccc2N(C)C)C1. The highest BCUT2D eigenvalue weighted by Gasteiger charge is 2.35. The smallest absolute Gasteiger partial charge is 0.317 e. The first-order chi connectivity index (χ1) is 12.3. The number of rotatable bonds is 8. The van der Waals surface area contributed by atoms with Gasteiger partial charge >= 0.3 is 12.0 Å².